The molecule has 1 unspecified atom stereocenters. The van der Waals surface area contributed by atoms with E-state index in [0.29, 0.717) is 5.82 Å². The second-order valence-corrected chi connectivity index (χ2v) is 6.48. The van der Waals surface area contributed by atoms with Crippen molar-refractivity contribution < 1.29 is 14.7 Å². The first-order valence-corrected chi connectivity index (χ1v) is 8.07. The number of carboxylic acid groups (broad SMARTS) is 1. The Labute approximate surface area is 147 Å². The molecular formula is C18H24N4O3. The van der Waals surface area contributed by atoms with E-state index in [1.54, 1.807) is 24.7 Å². The van der Waals surface area contributed by atoms with E-state index in [4.69, 9.17) is 5.11 Å². The van der Waals surface area contributed by atoms with E-state index in [1.807, 2.05) is 32.9 Å². The number of rotatable bonds is 5. The van der Waals surface area contributed by atoms with Crippen molar-refractivity contribution >= 4 is 17.8 Å². The van der Waals surface area contributed by atoms with Gasteiger partial charge in [0.2, 0.25) is 0 Å². The molecule has 0 saturated heterocycles. The van der Waals surface area contributed by atoms with Gasteiger partial charge in [0, 0.05) is 25.4 Å². The lowest BCUT2D eigenvalue weighted by Gasteiger charge is -2.19. The molecule has 0 aliphatic carbocycles. The number of amides is 2. The molecule has 0 bridgehead atoms. The van der Waals surface area contributed by atoms with Crippen LogP contribution in [0.1, 0.15) is 23.7 Å². The molecule has 2 rings (SSSR count). The van der Waals surface area contributed by atoms with Gasteiger partial charge >= 0.3 is 12.0 Å². The summed E-state index contributed by atoms with van der Waals surface area (Å²) in [6, 6.07) is 7.53. The van der Waals surface area contributed by atoms with Crippen LogP contribution in [-0.2, 0) is 4.79 Å². The van der Waals surface area contributed by atoms with Crippen molar-refractivity contribution in [3.05, 3.63) is 41.1 Å². The number of carboxylic acids is 1. The van der Waals surface area contributed by atoms with E-state index < -0.39 is 17.9 Å². The average molecular weight is 344 g/mol. The lowest BCUT2D eigenvalue weighted by Crippen LogP contribution is -2.36. The summed E-state index contributed by atoms with van der Waals surface area (Å²) in [5, 5.41) is 16.1. The molecule has 0 spiro atoms. The molecule has 7 nitrogen and oxygen atoms in total. The van der Waals surface area contributed by atoms with Gasteiger partial charge in [-0.3, -0.25) is 10.1 Å². The number of aromatic nitrogens is 2. The van der Waals surface area contributed by atoms with Crippen LogP contribution in [0.25, 0.3) is 5.69 Å². The van der Waals surface area contributed by atoms with Crippen molar-refractivity contribution in [3.8, 4) is 5.69 Å². The number of nitrogens with zero attached hydrogens (tertiary/aromatic N) is 3. The minimum atomic E-state index is -0.936. The SMILES string of the molecule is Cc1cc(C)cc(-n2nc(NC(=O)N(C)CC(C)C(=O)O)cc2C)c1. The van der Waals surface area contributed by atoms with Gasteiger partial charge in [-0.15, -0.1) is 5.10 Å². The Bertz CT molecular complexity index is 777. The average Bonchev–Trinajstić information content (AvgIpc) is 2.86. The number of urea groups is 1. The molecule has 0 aliphatic heterocycles. The van der Waals surface area contributed by atoms with E-state index in [0.717, 1.165) is 22.5 Å². The molecule has 1 atom stereocenters. The minimum absolute atomic E-state index is 0.123. The minimum Gasteiger partial charge on any atom is -0.481 e. The van der Waals surface area contributed by atoms with Crippen molar-refractivity contribution in [2.24, 2.45) is 5.92 Å². The van der Waals surface area contributed by atoms with Crippen LogP contribution in [0.15, 0.2) is 24.3 Å². The highest BCUT2D eigenvalue weighted by atomic mass is 16.4. The summed E-state index contributed by atoms with van der Waals surface area (Å²) < 4.78 is 1.77. The van der Waals surface area contributed by atoms with Gasteiger partial charge in [0.15, 0.2) is 5.82 Å². The van der Waals surface area contributed by atoms with Crippen molar-refractivity contribution in [2.75, 3.05) is 18.9 Å². The summed E-state index contributed by atoms with van der Waals surface area (Å²) >= 11 is 0. The molecule has 7 heteroatoms. The summed E-state index contributed by atoms with van der Waals surface area (Å²) in [6.07, 6.45) is 0. The number of benzene rings is 1. The smallest absolute Gasteiger partial charge is 0.322 e. The van der Waals surface area contributed by atoms with Gasteiger partial charge in [0.25, 0.3) is 0 Å². The summed E-state index contributed by atoms with van der Waals surface area (Å²) in [7, 11) is 1.56. The number of hydrogen-bond donors (Lipinski definition) is 2. The highest BCUT2D eigenvalue weighted by Gasteiger charge is 2.18. The van der Waals surface area contributed by atoms with Crippen LogP contribution in [0.4, 0.5) is 10.6 Å². The Morgan fingerprint density at radius 1 is 1.20 bits per heavy atom. The molecular weight excluding hydrogens is 320 g/mol. The predicted octanol–water partition coefficient (Wildman–Crippen LogP) is 2.98. The van der Waals surface area contributed by atoms with Crippen LogP contribution < -0.4 is 5.32 Å². The fourth-order valence-electron chi connectivity index (χ4n) is 2.65. The lowest BCUT2D eigenvalue weighted by atomic mass is 10.1. The van der Waals surface area contributed by atoms with E-state index >= 15 is 0 Å². The monoisotopic (exact) mass is 344 g/mol. The highest BCUT2D eigenvalue weighted by molar-refractivity contribution is 5.88. The number of hydrogen-bond acceptors (Lipinski definition) is 3. The molecule has 2 aromatic rings. The first kappa shape index (κ1) is 18.5. The predicted molar refractivity (Wildman–Crippen MR) is 96.2 cm³/mol. The summed E-state index contributed by atoms with van der Waals surface area (Å²) in [5.74, 6) is -1.14. The zero-order chi connectivity index (χ0) is 18.7. The number of aliphatic carboxylic acids is 1. The van der Waals surface area contributed by atoms with E-state index in [2.05, 4.69) is 16.5 Å². The molecule has 0 fully saturated rings. The van der Waals surface area contributed by atoms with Crippen LogP contribution >= 0.6 is 0 Å². The first-order valence-electron chi connectivity index (χ1n) is 8.07. The Kier molecular flexibility index (Phi) is 5.46. The molecule has 1 aromatic heterocycles. The van der Waals surface area contributed by atoms with Crippen molar-refractivity contribution in [3.63, 3.8) is 0 Å². The second-order valence-electron chi connectivity index (χ2n) is 6.48. The second kappa shape index (κ2) is 7.38. The largest absolute Gasteiger partial charge is 0.481 e. The normalized spacial score (nSPS) is 11.9. The standard InChI is InChI=1S/C18H24N4O3/c1-11-6-12(2)8-15(7-11)22-14(4)9-16(20-22)19-18(25)21(5)10-13(3)17(23)24/h6-9,13H,10H2,1-5H3,(H,23,24)(H,19,20,25). The molecule has 134 valence electrons. The third-order valence-corrected chi connectivity index (χ3v) is 3.89. The Morgan fingerprint density at radius 3 is 2.36 bits per heavy atom. The number of carbonyl (C=O) groups is 2. The fourth-order valence-corrected chi connectivity index (χ4v) is 2.65. The van der Waals surface area contributed by atoms with Gasteiger partial charge < -0.3 is 10.0 Å². The molecule has 2 N–H and O–H groups in total. The summed E-state index contributed by atoms with van der Waals surface area (Å²) in [4.78, 5) is 24.4. The zero-order valence-corrected chi connectivity index (χ0v) is 15.2. The van der Waals surface area contributed by atoms with Crippen molar-refractivity contribution in [2.45, 2.75) is 27.7 Å². The first-order chi connectivity index (χ1) is 11.7. The van der Waals surface area contributed by atoms with Crippen molar-refractivity contribution in [1.82, 2.24) is 14.7 Å². The van der Waals surface area contributed by atoms with Gasteiger partial charge in [-0.25, -0.2) is 9.48 Å². The van der Waals surface area contributed by atoms with Gasteiger partial charge in [-0.2, -0.15) is 0 Å². The maximum Gasteiger partial charge on any atom is 0.322 e. The maximum absolute atomic E-state index is 12.2. The summed E-state index contributed by atoms with van der Waals surface area (Å²) in [6.45, 7) is 7.65. The Hall–Kier alpha value is -2.83. The van der Waals surface area contributed by atoms with E-state index in [9.17, 15) is 9.59 Å². The van der Waals surface area contributed by atoms with Crippen LogP contribution in [0.5, 0.6) is 0 Å². The third kappa shape index (κ3) is 4.59. The molecule has 1 heterocycles. The summed E-state index contributed by atoms with van der Waals surface area (Å²) in [5.41, 5.74) is 4.10. The van der Waals surface area contributed by atoms with Gasteiger partial charge in [-0.05, 0) is 44.0 Å². The molecule has 0 aliphatic rings. The zero-order valence-electron chi connectivity index (χ0n) is 15.2. The number of aryl methyl sites for hydroxylation is 3. The molecule has 2 amide bonds. The third-order valence-electron chi connectivity index (χ3n) is 3.89. The quantitative estimate of drug-likeness (QED) is 0.873. The number of carbonyl (C=O) groups excluding carboxylic acids is 1. The fraction of sp³-hybridized carbons (Fsp3) is 0.389. The van der Waals surface area contributed by atoms with Crippen LogP contribution in [0.2, 0.25) is 0 Å². The van der Waals surface area contributed by atoms with Crippen LogP contribution in [0.3, 0.4) is 0 Å². The molecule has 0 saturated carbocycles. The highest BCUT2D eigenvalue weighted by Crippen LogP contribution is 2.18. The van der Waals surface area contributed by atoms with Gasteiger partial charge in [0.05, 0.1) is 11.6 Å². The van der Waals surface area contributed by atoms with E-state index in [1.165, 1.54) is 4.90 Å². The Balaban J connectivity index is 2.14. The van der Waals surface area contributed by atoms with E-state index in [-0.39, 0.29) is 6.54 Å². The number of anilines is 1. The molecule has 1 aromatic carbocycles. The number of nitrogens with one attached hydrogen (secondary N) is 1. The van der Waals surface area contributed by atoms with Crippen LogP contribution in [0, 0.1) is 26.7 Å². The van der Waals surface area contributed by atoms with Crippen LogP contribution in [-0.4, -0.2) is 45.4 Å². The maximum atomic E-state index is 12.2. The van der Waals surface area contributed by atoms with Gasteiger partial charge in [0.1, 0.15) is 0 Å². The van der Waals surface area contributed by atoms with Gasteiger partial charge in [-0.1, -0.05) is 13.0 Å². The molecule has 0 radical (unpaired) electrons. The Morgan fingerprint density at radius 2 is 1.80 bits per heavy atom. The molecule has 25 heavy (non-hydrogen) atoms. The van der Waals surface area contributed by atoms with Crippen molar-refractivity contribution in [1.29, 1.82) is 0 Å². The topological polar surface area (TPSA) is 87.5 Å². The lowest BCUT2D eigenvalue weighted by molar-refractivity contribution is -0.141.